The van der Waals surface area contributed by atoms with Crippen molar-refractivity contribution in [2.45, 2.75) is 59.3 Å². The van der Waals surface area contributed by atoms with Gasteiger partial charge in [-0.05, 0) is 56.7 Å². The Kier molecular flexibility index (Phi) is 6.69. The molecule has 20 heavy (non-hydrogen) atoms. The number of ether oxygens (including phenoxy) is 1. The smallest absolute Gasteiger partial charge is 0.311 e. The van der Waals surface area contributed by atoms with Crippen LogP contribution in [-0.2, 0) is 9.53 Å². The van der Waals surface area contributed by atoms with Gasteiger partial charge in [0.1, 0.15) is 0 Å². The molecular weight excluding hydrogens is 250 g/mol. The lowest BCUT2D eigenvalue weighted by molar-refractivity contribution is -0.154. The zero-order valence-electron chi connectivity index (χ0n) is 13.2. The number of pyridine rings is 1. The highest BCUT2D eigenvalue weighted by atomic mass is 16.5. The molecule has 0 aromatic carbocycles. The molecule has 0 N–H and O–H groups in total. The summed E-state index contributed by atoms with van der Waals surface area (Å²) < 4.78 is 5.38. The Morgan fingerprint density at radius 3 is 2.50 bits per heavy atom. The standard InChI is InChI=1S/C17H27NO2/c1-5-7-12-20-16(19)17(3,4)13-14(6-2)15-8-10-18-11-9-15/h8-11,14H,5-7,12-13H2,1-4H3. The van der Waals surface area contributed by atoms with E-state index in [0.717, 1.165) is 25.7 Å². The Hall–Kier alpha value is -1.38. The monoisotopic (exact) mass is 277 g/mol. The molecule has 3 heteroatoms. The van der Waals surface area contributed by atoms with Crippen LogP contribution >= 0.6 is 0 Å². The van der Waals surface area contributed by atoms with Crippen LogP contribution < -0.4 is 0 Å². The molecule has 0 fully saturated rings. The lowest BCUT2D eigenvalue weighted by Gasteiger charge is -2.27. The van der Waals surface area contributed by atoms with Crippen LogP contribution in [0, 0.1) is 5.41 Å². The molecular formula is C17H27NO2. The molecule has 0 bridgehead atoms. The van der Waals surface area contributed by atoms with Crippen molar-refractivity contribution in [1.82, 2.24) is 4.98 Å². The van der Waals surface area contributed by atoms with Gasteiger partial charge in [0.2, 0.25) is 0 Å². The first-order valence-corrected chi connectivity index (χ1v) is 7.58. The molecule has 1 heterocycles. The average molecular weight is 277 g/mol. The number of carbonyl (C=O) groups excluding carboxylic acids is 1. The zero-order valence-corrected chi connectivity index (χ0v) is 13.2. The third-order valence-electron chi connectivity index (χ3n) is 3.71. The van der Waals surface area contributed by atoms with E-state index in [4.69, 9.17) is 4.74 Å². The number of hydrogen-bond donors (Lipinski definition) is 0. The third kappa shape index (κ3) is 4.95. The highest BCUT2D eigenvalue weighted by Gasteiger charge is 2.32. The number of unbranched alkanes of at least 4 members (excludes halogenated alkanes) is 1. The topological polar surface area (TPSA) is 39.2 Å². The molecule has 0 aliphatic carbocycles. The summed E-state index contributed by atoms with van der Waals surface area (Å²) in [6.45, 7) is 8.74. The van der Waals surface area contributed by atoms with E-state index in [9.17, 15) is 4.79 Å². The minimum Gasteiger partial charge on any atom is -0.465 e. The van der Waals surface area contributed by atoms with Gasteiger partial charge >= 0.3 is 5.97 Å². The number of nitrogens with zero attached hydrogens (tertiary/aromatic N) is 1. The fourth-order valence-electron chi connectivity index (χ4n) is 2.34. The fourth-order valence-corrected chi connectivity index (χ4v) is 2.34. The molecule has 0 radical (unpaired) electrons. The van der Waals surface area contributed by atoms with Gasteiger partial charge < -0.3 is 4.74 Å². The predicted octanol–water partition coefficient (Wildman–Crippen LogP) is 4.33. The van der Waals surface area contributed by atoms with Crippen molar-refractivity contribution in [1.29, 1.82) is 0 Å². The fraction of sp³-hybridized carbons (Fsp3) is 0.647. The van der Waals surface area contributed by atoms with Crippen LogP contribution in [0.2, 0.25) is 0 Å². The molecule has 1 unspecified atom stereocenters. The second-order valence-corrected chi connectivity index (χ2v) is 5.96. The van der Waals surface area contributed by atoms with E-state index in [1.165, 1.54) is 5.56 Å². The molecule has 3 nitrogen and oxygen atoms in total. The van der Waals surface area contributed by atoms with Crippen molar-refractivity contribution in [3.05, 3.63) is 30.1 Å². The Labute approximate surface area is 122 Å². The minimum atomic E-state index is -0.447. The number of rotatable bonds is 8. The van der Waals surface area contributed by atoms with Gasteiger partial charge in [0, 0.05) is 12.4 Å². The normalized spacial score (nSPS) is 13.0. The highest BCUT2D eigenvalue weighted by Crippen LogP contribution is 2.34. The van der Waals surface area contributed by atoms with Crippen LogP contribution in [0.1, 0.15) is 64.9 Å². The maximum atomic E-state index is 12.2. The van der Waals surface area contributed by atoms with Gasteiger partial charge in [-0.25, -0.2) is 0 Å². The summed E-state index contributed by atoms with van der Waals surface area (Å²) >= 11 is 0. The van der Waals surface area contributed by atoms with E-state index in [0.29, 0.717) is 12.5 Å². The van der Waals surface area contributed by atoms with E-state index in [-0.39, 0.29) is 5.97 Å². The average Bonchev–Trinajstić information content (AvgIpc) is 2.45. The number of hydrogen-bond acceptors (Lipinski definition) is 3. The van der Waals surface area contributed by atoms with Crippen LogP contribution in [0.25, 0.3) is 0 Å². The van der Waals surface area contributed by atoms with E-state index in [2.05, 4.69) is 18.8 Å². The zero-order chi connectivity index (χ0) is 15.0. The number of esters is 1. The van der Waals surface area contributed by atoms with Crippen LogP contribution in [0.4, 0.5) is 0 Å². The first kappa shape index (κ1) is 16.7. The van der Waals surface area contributed by atoms with Crippen molar-refractivity contribution in [3.63, 3.8) is 0 Å². The van der Waals surface area contributed by atoms with Crippen molar-refractivity contribution in [2.75, 3.05) is 6.61 Å². The third-order valence-corrected chi connectivity index (χ3v) is 3.71. The lowest BCUT2D eigenvalue weighted by atomic mass is 9.79. The second-order valence-electron chi connectivity index (χ2n) is 5.96. The van der Waals surface area contributed by atoms with E-state index in [1.807, 2.05) is 38.4 Å². The molecule has 0 saturated heterocycles. The van der Waals surface area contributed by atoms with Gasteiger partial charge in [-0.2, -0.15) is 0 Å². The molecule has 1 aromatic heterocycles. The maximum Gasteiger partial charge on any atom is 0.311 e. The van der Waals surface area contributed by atoms with Crippen LogP contribution in [0.5, 0.6) is 0 Å². The Balaban J connectivity index is 2.65. The molecule has 112 valence electrons. The van der Waals surface area contributed by atoms with E-state index < -0.39 is 5.41 Å². The lowest BCUT2D eigenvalue weighted by Crippen LogP contribution is -2.29. The minimum absolute atomic E-state index is 0.0848. The van der Waals surface area contributed by atoms with Gasteiger partial charge in [0.25, 0.3) is 0 Å². The Morgan fingerprint density at radius 1 is 1.30 bits per heavy atom. The van der Waals surface area contributed by atoms with Gasteiger partial charge in [-0.15, -0.1) is 0 Å². The van der Waals surface area contributed by atoms with Crippen LogP contribution in [0.3, 0.4) is 0 Å². The SMILES string of the molecule is CCCCOC(=O)C(C)(C)CC(CC)c1ccncc1. The van der Waals surface area contributed by atoms with Crippen LogP contribution in [0.15, 0.2) is 24.5 Å². The Morgan fingerprint density at radius 2 is 1.95 bits per heavy atom. The summed E-state index contributed by atoms with van der Waals surface area (Å²) in [5.41, 5.74) is 0.800. The van der Waals surface area contributed by atoms with Gasteiger partial charge in [0.15, 0.2) is 0 Å². The summed E-state index contributed by atoms with van der Waals surface area (Å²) in [6.07, 6.45) is 7.41. The summed E-state index contributed by atoms with van der Waals surface area (Å²) in [5.74, 6) is 0.283. The van der Waals surface area contributed by atoms with Crippen molar-refractivity contribution < 1.29 is 9.53 Å². The summed E-state index contributed by atoms with van der Waals surface area (Å²) in [7, 11) is 0. The molecule has 0 aliphatic heterocycles. The quantitative estimate of drug-likeness (QED) is 0.524. The first-order chi connectivity index (χ1) is 9.51. The molecule has 1 aromatic rings. The molecule has 1 rings (SSSR count). The van der Waals surface area contributed by atoms with Crippen molar-refractivity contribution in [3.8, 4) is 0 Å². The van der Waals surface area contributed by atoms with Gasteiger partial charge in [0.05, 0.1) is 12.0 Å². The molecule has 0 saturated carbocycles. The first-order valence-electron chi connectivity index (χ1n) is 7.58. The second kappa shape index (κ2) is 8.03. The molecule has 0 spiro atoms. The Bertz CT molecular complexity index is 401. The maximum absolute atomic E-state index is 12.2. The van der Waals surface area contributed by atoms with Crippen LogP contribution in [-0.4, -0.2) is 17.6 Å². The largest absolute Gasteiger partial charge is 0.465 e. The summed E-state index contributed by atoms with van der Waals surface area (Å²) in [4.78, 5) is 16.2. The molecule has 1 atom stereocenters. The summed E-state index contributed by atoms with van der Waals surface area (Å²) in [6, 6.07) is 4.07. The van der Waals surface area contributed by atoms with Crippen molar-refractivity contribution >= 4 is 5.97 Å². The van der Waals surface area contributed by atoms with E-state index >= 15 is 0 Å². The number of aromatic nitrogens is 1. The highest BCUT2D eigenvalue weighted by molar-refractivity contribution is 5.76. The van der Waals surface area contributed by atoms with E-state index in [1.54, 1.807) is 0 Å². The van der Waals surface area contributed by atoms with Gasteiger partial charge in [-0.3, -0.25) is 9.78 Å². The van der Waals surface area contributed by atoms with Gasteiger partial charge in [-0.1, -0.05) is 20.3 Å². The predicted molar refractivity (Wildman–Crippen MR) is 81.5 cm³/mol. The van der Waals surface area contributed by atoms with Crippen molar-refractivity contribution in [2.24, 2.45) is 5.41 Å². The summed E-state index contributed by atoms with van der Waals surface area (Å²) in [5, 5.41) is 0. The molecule has 0 amide bonds. The molecule has 0 aliphatic rings. The number of carbonyl (C=O) groups is 1.